The van der Waals surface area contributed by atoms with Crippen molar-refractivity contribution in [3.05, 3.63) is 24.3 Å². The number of benzene rings is 1. The van der Waals surface area contributed by atoms with Crippen LogP contribution in [0.15, 0.2) is 24.3 Å². The molecule has 1 aromatic carbocycles. The van der Waals surface area contributed by atoms with Crippen LogP contribution < -0.4 is 10.2 Å². The quantitative estimate of drug-likeness (QED) is 0.889. The molecular weight excluding hydrogens is 248 g/mol. The summed E-state index contributed by atoms with van der Waals surface area (Å²) in [6.07, 6.45) is 5.62. The molecule has 3 nitrogen and oxygen atoms in total. The SMILES string of the molecule is CCOC1CC(Nc2ccccc2N(C)C)C12CCC2. The van der Waals surface area contributed by atoms with Crippen LogP contribution in [0, 0.1) is 5.41 Å². The molecule has 0 radical (unpaired) electrons. The van der Waals surface area contributed by atoms with Crippen LogP contribution in [0.25, 0.3) is 0 Å². The van der Waals surface area contributed by atoms with Gasteiger partial charge in [-0.3, -0.25) is 0 Å². The van der Waals surface area contributed by atoms with Crippen LogP contribution >= 0.6 is 0 Å². The molecule has 1 aromatic rings. The minimum Gasteiger partial charge on any atom is -0.380 e. The van der Waals surface area contributed by atoms with Gasteiger partial charge in [0.15, 0.2) is 0 Å². The van der Waals surface area contributed by atoms with Gasteiger partial charge in [0, 0.05) is 32.2 Å². The fourth-order valence-electron chi connectivity index (χ4n) is 3.81. The first-order valence-electron chi connectivity index (χ1n) is 7.82. The van der Waals surface area contributed by atoms with Gasteiger partial charge < -0.3 is 15.0 Å². The molecule has 0 saturated heterocycles. The molecule has 1 N–H and O–H groups in total. The predicted molar refractivity (Wildman–Crippen MR) is 84.5 cm³/mol. The number of hydrogen-bond acceptors (Lipinski definition) is 3. The van der Waals surface area contributed by atoms with Gasteiger partial charge in [-0.1, -0.05) is 18.6 Å². The van der Waals surface area contributed by atoms with E-state index in [1.165, 1.54) is 30.6 Å². The van der Waals surface area contributed by atoms with Crippen LogP contribution in [-0.2, 0) is 4.74 Å². The van der Waals surface area contributed by atoms with E-state index < -0.39 is 0 Å². The van der Waals surface area contributed by atoms with E-state index in [0.29, 0.717) is 17.6 Å². The van der Waals surface area contributed by atoms with Gasteiger partial charge in [-0.2, -0.15) is 0 Å². The van der Waals surface area contributed by atoms with Gasteiger partial charge in [-0.15, -0.1) is 0 Å². The molecule has 2 unspecified atom stereocenters. The number of nitrogens with one attached hydrogen (secondary N) is 1. The van der Waals surface area contributed by atoms with Crippen molar-refractivity contribution in [2.75, 3.05) is 30.9 Å². The Labute approximate surface area is 122 Å². The summed E-state index contributed by atoms with van der Waals surface area (Å²) in [6, 6.07) is 9.16. The highest BCUT2D eigenvalue weighted by molar-refractivity contribution is 5.70. The third-order valence-electron chi connectivity index (χ3n) is 5.15. The van der Waals surface area contributed by atoms with Gasteiger partial charge in [-0.05, 0) is 38.3 Å². The first-order chi connectivity index (χ1) is 9.67. The lowest BCUT2D eigenvalue weighted by Gasteiger charge is -2.61. The zero-order valence-electron chi connectivity index (χ0n) is 12.9. The molecular formula is C17H26N2O. The second-order valence-corrected chi connectivity index (χ2v) is 6.37. The Kier molecular flexibility index (Phi) is 3.63. The van der Waals surface area contributed by atoms with E-state index in [9.17, 15) is 0 Å². The second-order valence-electron chi connectivity index (χ2n) is 6.37. The van der Waals surface area contributed by atoms with E-state index in [1.54, 1.807) is 0 Å². The fourth-order valence-corrected chi connectivity index (χ4v) is 3.81. The lowest BCUT2D eigenvalue weighted by Crippen LogP contribution is -2.64. The molecule has 3 heteroatoms. The summed E-state index contributed by atoms with van der Waals surface area (Å²) in [5.41, 5.74) is 2.93. The topological polar surface area (TPSA) is 24.5 Å². The van der Waals surface area contributed by atoms with Gasteiger partial charge in [0.25, 0.3) is 0 Å². The van der Waals surface area contributed by atoms with Crippen molar-refractivity contribution >= 4 is 11.4 Å². The lowest BCUT2D eigenvalue weighted by atomic mass is 9.51. The molecule has 2 aliphatic rings. The highest BCUT2D eigenvalue weighted by Crippen LogP contribution is 2.58. The summed E-state index contributed by atoms with van der Waals surface area (Å²) in [4.78, 5) is 2.18. The Bertz CT molecular complexity index is 468. The van der Waals surface area contributed by atoms with Crippen molar-refractivity contribution in [3.63, 3.8) is 0 Å². The van der Waals surface area contributed by atoms with E-state index in [0.717, 1.165) is 13.0 Å². The molecule has 20 heavy (non-hydrogen) atoms. The summed E-state index contributed by atoms with van der Waals surface area (Å²) < 4.78 is 5.93. The Balaban J connectivity index is 1.73. The zero-order chi connectivity index (χ0) is 14.2. The molecule has 2 atom stereocenters. The summed E-state index contributed by atoms with van der Waals surface area (Å²) in [6.45, 7) is 2.95. The van der Waals surface area contributed by atoms with E-state index in [1.807, 2.05) is 0 Å². The number of rotatable bonds is 5. The Hall–Kier alpha value is -1.22. The maximum absolute atomic E-state index is 5.93. The number of ether oxygens (including phenoxy) is 1. The van der Waals surface area contributed by atoms with Gasteiger partial charge in [0.05, 0.1) is 17.5 Å². The summed E-state index contributed by atoms with van der Waals surface area (Å²) in [5.74, 6) is 0. The molecule has 2 aliphatic carbocycles. The molecule has 0 heterocycles. The van der Waals surface area contributed by atoms with E-state index in [2.05, 4.69) is 55.5 Å². The van der Waals surface area contributed by atoms with Crippen LogP contribution in [0.1, 0.15) is 32.6 Å². The van der Waals surface area contributed by atoms with E-state index >= 15 is 0 Å². The monoisotopic (exact) mass is 274 g/mol. The molecule has 3 rings (SSSR count). The standard InChI is InChI=1S/C17H26N2O/c1-4-20-16-12-15(17(16)10-7-11-17)18-13-8-5-6-9-14(13)19(2)3/h5-6,8-9,15-16,18H,4,7,10-12H2,1-3H3. The average molecular weight is 274 g/mol. The highest BCUT2D eigenvalue weighted by Gasteiger charge is 2.58. The first-order valence-corrected chi connectivity index (χ1v) is 7.82. The largest absolute Gasteiger partial charge is 0.380 e. The van der Waals surface area contributed by atoms with Crippen molar-refractivity contribution in [2.24, 2.45) is 5.41 Å². The van der Waals surface area contributed by atoms with Gasteiger partial charge in [0.2, 0.25) is 0 Å². The van der Waals surface area contributed by atoms with E-state index in [4.69, 9.17) is 4.74 Å². The smallest absolute Gasteiger partial charge is 0.0670 e. The average Bonchev–Trinajstić information content (AvgIpc) is 2.35. The molecule has 2 saturated carbocycles. The predicted octanol–water partition coefficient (Wildman–Crippen LogP) is 3.51. The van der Waals surface area contributed by atoms with Crippen molar-refractivity contribution in [2.45, 2.75) is 44.8 Å². The summed E-state index contributed by atoms with van der Waals surface area (Å²) in [5, 5.41) is 3.79. The Morgan fingerprint density at radius 3 is 2.65 bits per heavy atom. The number of hydrogen-bond donors (Lipinski definition) is 1. The molecule has 0 amide bonds. The number of nitrogens with zero attached hydrogens (tertiary/aromatic N) is 1. The van der Waals surface area contributed by atoms with Gasteiger partial charge in [0.1, 0.15) is 0 Å². The van der Waals surface area contributed by atoms with Gasteiger partial charge in [-0.25, -0.2) is 0 Å². The van der Waals surface area contributed by atoms with Crippen molar-refractivity contribution < 1.29 is 4.74 Å². The normalized spacial score (nSPS) is 26.8. The van der Waals surface area contributed by atoms with Crippen molar-refractivity contribution in [1.29, 1.82) is 0 Å². The maximum Gasteiger partial charge on any atom is 0.0670 e. The first kappa shape index (κ1) is 13.7. The minimum atomic E-state index is 0.412. The van der Waals surface area contributed by atoms with Crippen molar-refractivity contribution in [3.8, 4) is 0 Å². The molecule has 110 valence electrons. The highest BCUT2D eigenvalue weighted by atomic mass is 16.5. The van der Waals surface area contributed by atoms with Crippen LogP contribution in [0.5, 0.6) is 0 Å². The van der Waals surface area contributed by atoms with Crippen molar-refractivity contribution in [1.82, 2.24) is 0 Å². The summed E-state index contributed by atoms with van der Waals surface area (Å²) >= 11 is 0. The van der Waals surface area contributed by atoms with Crippen LogP contribution in [-0.4, -0.2) is 32.8 Å². The number of anilines is 2. The molecule has 0 aliphatic heterocycles. The van der Waals surface area contributed by atoms with Crippen LogP contribution in [0.3, 0.4) is 0 Å². The molecule has 0 aromatic heterocycles. The fraction of sp³-hybridized carbons (Fsp3) is 0.647. The number of para-hydroxylation sites is 2. The van der Waals surface area contributed by atoms with E-state index in [-0.39, 0.29) is 0 Å². The molecule has 0 bridgehead atoms. The summed E-state index contributed by atoms with van der Waals surface area (Å²) in [7, 11) is 4.20. The Morgan fingerprint density at radius 1 is 1.30 bits per heavy atom. The zero-order valence-corrected chi connectivity index (χ0v) is 12.9. The minimum absolute atomic E-state index is 0.412. The van der Waals surface area contributed by atoms with Crippen LogP contribution in [0.2, 0.25) is 0 Å². The second kappa shape index (κ2) is 5.28. The Morgan fingerprint density at radius 2 is 2.05 bits per heavy atom. The molecule has 2 fully saturated rings. The van der Waals surface area contributed by atoms with Gasteiger partial charge >= 0.3 is 0 Å². The third-order valence-corrected chi connectivity index (χ3v) is 5.15. The van der Waals surface area contributed by atoms with Crippen LogP contribution in [0.4, 0.5) is 11.4 Å². The lowest BCUT2D eigenvalue weighted by molar-refractivity contribution is -0.157. The third kappa shape index (κ3) is 2.08. The molecule has 1 spiro atoms. The maximum atomic E-state index is 5.93.